The molecule has 2 aliphatic heterocycles. The Morgan fingerprint density at radius 3 is 1.25 bits per heavy atom. The Morgan fingerprint density at radius 2 is 0.755 bits per heavy atom. The van der Waals surface area contributed by atoms with Crippen LogP contribution in [0.5, 0.6) is 11.5 Å². The Labute approximate surface area is 308 Å². The summed E-state index contributed by atoms with van der Waals surface area (Å²) in [5.74, 6) is 1.19. The van der Waals surface area contributed by atoms with Crippen molar-refractivity contribution in [2.75, 3.05) is 0 Å². The van der Waals surface area contributed by atoms with Crippen LogP contribution < -0.4 is 20.2 Å². The van der Waals surface area contributed by atoms with Crippen molar-refractivity contribution in [3.63, 3.8) is 0 Å². The Bertz CT molecular complexity index is 2570. The van der Waals surface area contributed by atoms with E-state index in [9.17, 15) is 0 Å². The van der Waals surface area contributed by atoms with Gasteiger partial charge in [-0.25, -0.2) is 0 Å². The second kappa shape index (κ2) is 13.1. The third-order valence-electron chi connectivity index (χ3n) is 9.98. The summed E-state index contributed by atoms with van der Waals surface area (Å²) in [7, 11) is -1.68. The van der Waals surface area contributed by atoms with Gasteiger partial charge in [0.2, 0.25) is 0 Å². The zero-order valence-electron chi connectivity index (χ0n) is 28.6. The number of nitrogens with zero attached hydrogens (tertiary/aromatic N) is 2. The summed E-state index contributed by atoms with van der Waals surface area (Å²) < 4.78 is 20.5. The van der Waals surface area contributed by atoms with Gasteiger partial charge in [-0.1, -0.05) is 133 Å². The number of hydrogen-bond donors (Lipinski definition) is 0. The minimum Gasteiger partial charge on any atom is -0.531 e. The van der Waals surface area contributed by atoms with Crippen molar-refractivity contribution in [2.24, 2.45) is 9.98 Å². The largest absolute Gasteiger partial charge is 0.550 e. The van der Waals surface area contributed by atoms with Crippen LogP contribution in [0.25, 0.3) is 43.8 Å². The maximum atomic E-state index is 6.93. The van der Waals surface area contributed by atoms with E-state index in [1.165, 1.54) is 21.5 Å². The number of fused-ring (bicyclic) bond motifs is 10. The van der Waals surface area contributed by atoms with Crippen LogP contribution in [0.1, 0.15) is 11.1 Å². The molecule has 8 aromatic rings. The molecule has 0 atom stereocenters. The monoisotopic (exact) mass is 680 g/mol. The van der Waals surface area contributed by atoms with E-state index in [1.54, 1.807) is 0 Å². The first kappa shape index (κ1) is 31.1. The lowest BCUT2D eigenvalue weighted by atomic mass is 9.68. The van der Waals surface area contributed by atoms with E-state index in [-0.39, 0.29) is 0 Å². The molecule has 53 heavy (non-hydrogen) atoms. The molecule has 10 rings (SSSR count). The molecule has 0 fully saturated rings. The van der Waals surface area contributed by atoms with E-state index in [0.717, 1.165) is 44.3 Å². The molecular weight excluding hydrogens is 650 g/mol. The first-order valence-electron chi connectivity index (χ1n) is 17.7. The number of benzene rings is 8. The van der Waals surface area contributed by atoms with E-state index in [1.807, 2.05) is 73.1 Å². The predicted octanol–water partition coefficient (Wildman–Crippen LogP) is 9.72. The average Bonchev–Trinajstić information content (AvgIpc) is 3.22. The van der Waals surface area contributed by atoms with Crippen molar-refractivity contribution < 1.29 is 13.9 Å². The second-order valence-electron chi connectivity index (χ2n) is 13.3. The van der Waals surface area contributed by atoms with Crippen LogP contribution in [0.2, 0.25) is 0 Å². The molecule has 0 aliphatic carbocycles. The van der Waals surface area contributed by atoms with Crippen molar-refractivity contribution >= 4 is 70.5 Å². The summed E-state index contributed by atoms with van der Waals surface area (Å²) >= 11 is 0. The fourth-order valence-corrected chi connectivity index (χ4v) is 7.17. The fourth-order valence-electron chi connectivity index (χ4n) is 7.17. The highest BCUT2D eigenvalue weighted by Crippen LogP contribution is 2.37. The van der Waals surface area contributed by atoms with E-state index >= 15 is 0 Å². The van der Waals surface area contributed by atoms with Gasteiger partial charge in [-0.15, -0.1) is 0 Å². The second-order valence-corrected chi connectivity index (χ2v) is 13.3. The molecule has 2 aliphatic rings. The van der Waals surface area contributed by atoms with Gasteiger partial charge in [0.1, 0.15) is 22.9 Å². The first-order valence-corrected chi connectivity index (χ1v) is 17.7. The van der Waals surface area contributed by atoms with E-state index in [0.29, 0.717) is 22.9 Å². The summed E-state index contributed by atoms with van der Waals surface area (Å²) in [5.41, 5.74) is 9.09. The van der Waals surface area contributed by atoms with Crippen LogP contribution in [-0.4, -0.2) is 26.7 Å². The fraction of sp³-hybridized carbons (Fsp3) is 0. The quantitative estimate of drug-likeness (QED) is 0.171. The molecule has 0 spiro atoms. The molecule has 0 N–H and O–H groups in total. The lowest BCUT2D eigenvalue weighted by molar-refractivity contribution is 0.389. The van der Waals surface area contributed by atoms with Crippen LogP contribution >= 0.6 is 0 Å². The Kier molecular flexibility index (Phi) is 7.70. The van der Waals surface area contributed by atoms with Gasteiger partial charge >= 0.3 is 14.2 Å². The summed E-state index contributed by atoms with van der Waals surface area (Å²) in [5, 5.41) is 4.77. The van der Waals surface area contributed by atoms with Gasteiger partial charge < -0.3 is 13.9 Å². The van der Waals surface area contributed by atoms with Crippen LogP contribution in [0.3, 0.4) is 0 Å². The minimum atomic E-state index is -0.840. The molecule has 0 radical (unpaired) electrons. The molecule has 0 amide bonds. The summed E-state index contributed by atoms with van der Waals surface area (Å²) in [4.78, 5) is 10.1. The maximum Gasteiger partial charge on any atom is 0.550 e. The molecule has 0 saturated carbocycles. The van der Waals surface area contributed by atoms with Crippen molar-refractivity contribution in [1.29, 1.82) is 0 Å². The third kappa shape index (κ3) is 5.97. The minimum absolute atomic E-state index is 0.596. The molecule has 7 heteroatoms. The smallest absolute Gasteiger partial charge is 0.531 e. The highest BCUT2D eigenvalue weighted by Gasteiger charge is 2.38. The maximum absolute atomic E-state index is 6.93. The molecule has 5 nitrogen and oxygen atoms in total. The van der Waals surface area contributed by atoms with Gasteiger partial charge in [-0.05, 0) is 91.3 Å². The third-order valence-corrected chi connectivity index (χ3v) is 9.98. The molecule has 0 saturated heterocycles. The van der Waals surface area contributed by atoms with Crippen molar-refractivity contribution in [2.45, 2.75) is 0 Å². The van der Waals surface area contributed by atoms with E-state index in [2.05, 4.69) is 109 Å². The van der Waals surface area contributed by atoms with Gasteiger partial charge in [0, 0.05) is 23.4 Å². The number of rotatable bonds is 2. The molecule has 2 bridgehead atoms. The Hall–Kier alpha value is -6.69. The number of aliphatic imine (C=N–C) groups is 2. The van der Waals surface area contributed by atoms with Crippen molar-refractivity contribution in [3.05, 3.63) is 181 Å². The molecular formula is C46H30B2N2O3. The SMILES string of the molecule is C1=Nc2cc(-c3ccc4ccccc4c3)ccc2OB2OB(Oc3ccc(-c4ccc5ccccc5c4)cc3N=Cc3ccccc32)c2ccccc21. The van der Waals surface area contributed by atoms with Crippen LogP contribution in [0.4, 0.5) is 11.4 Å². The molecule has 8 aromatic carbocycles. The van der Waals surface area contributed by atoms with Gasteiger partial charge in [-0.2, -0.15) is 0 Å². The average molecular weight is 680 g/mol. The number of hydrogen-bond acceptors (Lipinski definition) is 5. The van der Waals surface area contributed by atoms with E-state index < -0.39 is 14.2 Å². The topological polar surface area (TPSA) is 52.4 Å². The van der Waals surface area contributed by atoms with Gasteiger partial charge in [0.25, 0.3) is 0 Å². The lowest BCUT2D eigenvalue weighted by Crippen LogP contribution is -2.53. The Balaban J connectivity index is 1.10. The zero-order chi connectivity index (χ0) is 35.1. The molecule has 0 aromatic heterocycles. The highest BCUT2D eigenvalue weighted by atomic mass is 16.6. The van der Waals surface area contributed by atoms with Gasteiger partial charge in [0.15, 0.2) is 0 Å². The molecule has 2 heterocycles. The molecule has 248 valence electrons. The van der Waals surface area contributed by atoms with Crippen molar-refractivity contribution in [1.82, 2.24) is 0 Å². The lowest BCUT2D eigenvalue weighted by Gasteiger charge is -2.26. The van der Waals surface area contributed by atoms with Crippen LogP contribution in [0, 0.1) is 0 Å². The van der Waals surface area contributed by atoms with Crippen LogP contribution in [-0.2, 0) is 4.57 Å². The van der Waals surface area contributed by atoms with E-state index in [4.69, 9.17) is 23.9 Å². The molecule has 0 unspecified atom stereocenters. The summed E-state index contributed by atoms with van der Waals surface area (Å²) in [6, 6.07) is 58.1. The predicted molar refractivity (Wildman–Crippen MR) is 219 cm³/mol. The standard InChI is InChI=1S/C46H30B2N2O3/c1-3-11-33-25-35(19-17-31(33)9-1)37-21-23-45-43(27-37)49-29-39-13-5-7-15-41(39)48-52-46-24-22-38(36-20-18-32-10-2-4-12-34(32)26-36)28-44(46)50-30-40-14-6-8-16-42(40)47(51-45)53-48/h1-30H. The zero-order valence-corrected chi connectivity index (χ0v) is 28.6. The van der Waals surface area contributed by atoms with Gasteiger partial charge in [-0.3, -0.25) is 9.98 Å². The highest BCUT2D eigenvalue weighted by molar-refractivity contribution is 6.76. The summed E-state index contributed by atoms with van der Waals surface area (Å²) in [6.45, 7) is 0. The van der Waals surface area contributed by atoms with Crippen LogP contribution in [0.15, 0.2) is 180 Å². The van der Waals surface area contributed by atoms with Gasteiger partial charge in [0.05, 0.1) is 0 Å². The Morgan fingerprint density at radius 1 is 0.358 bits per heavy atom. The summed E-state index contributed by atoms with van der Waals surface area (Å²) in [6.07, 6.45) is 3.73. The normalized spacial score (nSPS) is 13.3. The first-order chi connectivity index (χ1) is 26.2. The van der Waals surface area contributed by atoms with Crippen molar-refractivity contribution in [3.8, 4) is 33.8 Å².